The maximum Gasteiger partial charge on any atom is 0.191 e. The Hall–Kier alpha value is -0.970. The quantitative estimate of drug-likeness (QED) is 0.229. The minimum atomic E-state index is -0.212. The van der Waals surface area contributed by atoms with Crippen LogP contribution < -0.4 is 16.0 Å². The summed E-state index contributed by atoms with van der Waals surface area (Å²) in [6.07, 6.45) is 0. The average molecular weight is 507 g/mol. The Morgan fingerprint density at radius 3 is 2.36 bits per heavy atom. The summed E-state index contributed by atoms with van der Waals surface area (Å²) in [5, 5.41) is 10.2. The summed E-state index contributed by atoms with van der Waals surface area (Å²) < 4.78 is 18.8. The number of nitrogens with zero attached hydrogens (tertiary/aromatic N) is 2. The van der Waals surface area contributed by atoms with E-state index in [0.29, 0.717) is 6.54 Å². The number of aliphatic imine (C=N–C) groups is 1. The van der Waals surface area contributed by atoms with Gasteiger partial charge in [0.1, 0.15) is 5.82 Å². The molecule has 8 heteroatoms. The molecule has 1 aromatic carbocycles. The molecule has 6 nitrogen and oxygen atoms in total. The smallest absolute Gasteiger partial charge is 0.191 e. The summed E-state index contributed by atoms with van der Waals surface area (Å²) in [6, 6.07) is 6.91. The van der Waals surface area contributed by atoms with Crippen LogP contribution in [0.2, 0.25) is 0 Å². The monoisotopic (exact) mass is 507 g/mol. The number of hydrogen-bond donors (Lipinski definition) is 3. The number of benzene rings is 1. The van der Waals surface area contributed by atoms with E-state index in [4.69, 9.17) is 4.74 Å². The van der Waals surface area contributed by atoms with E-state index in [1.165, 1.54) is 12.1 Å². The van der Waals surface area contributed by atoms with Gasteiger partial charge < -0.3 is 20.7 Å². The Morgan fingerprint density at radius 2 is 1.79 bits per heavy atom. The molecule has 1 fully saturated rings. The second kappa shape index (κ2) is 12.6. The SMILES string of the molecule is CN=C(NCCNC(C)(C)C)NCC(c1ccc(F)cc1)N1CCOCC1.I. The Bertz CT molecular complexity index is 585. The first-order valence-corrected chi connectivity index (χ1v) is 9.66. The summed E-state index contributed by atoms with van der Waals surface area (Å²) in [5.74, 6) is 0.558. The molecule has 2 rings (SSSR count). The van der Waals surface area contributed by atoms with Gasteiger partial charge in [-0.05, 0) is 38.5 Å². The van der Waals surface area contributed by atoms with Crippen LogP contribution in [0.4, 0.5) is 4.39 Å². The Labute approximate surface area is 185 Å². The van der Waals surface area contributed by atoms with Crippen molar-refractivity contribution in [3.8, 4) is 0 Å². The normalized spacial score (nSPS) is 17.0. The molecule has 0 saturated carbocycles. The Morgan fingerprint density at radius 1 is 1.14 bits per heavy atom. The molecule has 0 aromatic heterocycles. The van der Waals surface area contributed by atoms with Gasteiger partial charge in [-0.1, -0.05) is 12.1 Å². The van der Waals surface area contributed by atoms with E-state index < -0.39 is 0 Å². The van der Waals surface area contributed by atoms with Crippen molar-refractivity contribution < 1.29 is 9.13 Å². The van der Waals surface area contributed by atoms with E-state index in [1.807, 2.05) is 12.1 Å². The standard InChI is InChI=1S/C20H34FN5O.HI/c1-20(2,3)25-10-9-23-19(22-4)24-15-18(26-11-13-27-14-12-26)16-5-7-17(21)8-6-16;/h5-8,18,25H,9-15H2,1-4H3,(H2,22,23,24);1H. The van der Waals surface area contributed by atoms with Crippen LogP contribution in [0, 0.1) is 5.82 Å². The molecule has 0 amide bonds. The van der Waals surface area contributed by atoms with E-state index in [1.54, 1.807) is 7.05 Å². The zero-order chi connectivity index (χ0) is 19.7. The van der Waals surface area contributed by atoms with Crippen LogP contribution >= 0.6 is 24.0 Å². The Kier molecular flexibility index (Phi) is 11.2. The van der Waals surface area contributed by atoms with Crippen molar-refractivity contribution in [2.45, 2.75) is 32.4 Å². The fourth-order valence-electron chi connectivity index (χ4n) is 3.06. The van der Waals surface area contributed by atoms with Crippen molar-refractivity contribution in [2.24, 2.45) is 4.99 Å². The molecule has 3 N–H and O–H groups in total. The lowest BCUT2D eigenvalue weighted by Gasteiger charge is -2.35. The van der Waals surface area contributed by atoms with Crippen LogP contribution in [-0.2, 0) is 4.74 Å². The van der Waals surface area contributed by atoms with E-state index in [9.17, 15) is 4.39 Å². The Balaban J connectivity index is 0.00000392. The highest BCUT2D eigenvalue weighted by molar-refractivity contribution is 14.0. The average Bonchev–Trinajstić information content (AvgIpc) is 2.65. The lowest BCUT2D eigenvalue weighted by Crippen LogP contribution is -2.48. The van der Waals surface area contributed by atoms with Gasteiger partial charge in [-0.2, -0.15) is 0 Å². The van der Waals surface area contributed by atoms with Crippen LogP contribution in [0.1, 0.15) is 32.4 Å². The number of ether oxygens (including phenoxy) is 1. The molecule has 1 unspecified atom stereocenters. The molecular formula is C20H35FIN5O. The van der Waals surface area contributed by atoms with Gasteiger partial charge in [-0.25, -0.2) is 4.39 Å². The summed E-state index contributed by atoms with van der Waals surface area (Å²) in [6.45, 7) is 12.0. The summed E-state index contributed by atoms with van der Waals surface area (Å²) >= 11 is 0. The summed E-state index contributed by atoms with van der Waals surface area (Å²) in [4.78, 5) is 6.68. The van der Waals surface area contributed by atoms with Crippen LogP contribution in [-0.4, -0.2) is 69.4 Å². The molecule has 1 saturated heterocycles. The molecule has 1 heterocycles. The maximum absolute atomic E-state index is 13.3. The highest BCUT2D eigenvalue weighted by Gasteiger charge is 2.23. The highest BCUT2D eigenvalue weighted by atomic mass is 127. The van der Waals surface area contributed by atoms with Crippen LogP contribution in [0.3, 0.4) is 0 Å². The van der Waals surface area contributed by atoms with Crippen molar-refractivity contribution in [1.82, 2.24) is 20.9 Å². The van der Waals surface area contributed by atoms with Crippen molar-refractivity contribution in [3.05, 3.63) is 35.6 Å². The zero-order valence-electron chi connectivity index (χ0n) is 17.4. The van der Waals surface area contributed by atoms with E-state index in [0.717, 1.165) is 50.9 Å². The van der Waals surface area contributed by atoms with Gasteiger partial charge in [0.25, 0.3) is 0 Å². The zero-order valence-corrected chi connectivity index (χ0v) is 19.8. The topological polar surface area (TPSA) is 60.9 Å². The molecule has 1 aliphatic heterocycles. The number of halogens is 2. The van der Waals surface area contributed by atoms with E-state index in [-0.39, 0.29) is 41.4 Å². The van der Waals surface area contributed by atoms with Gasteiger partial charge in [0.05, 0.1) is 19.3 Å². The van der Waals surface area contributed by atoms with Gasteiger partial charge >= 0.3 is 0 Å². The third-order valence-corrected chi connectivity index (χ3v) is 4.50. The third-order valence-electron chi connectivity index (χ3n) is 4.50. The third kappa shape index (κ3) is 9.02. The predicted molar refractivity (Wildman–Crippen MR) is 124 cm³/mol. The lowest BCUT2D eigenvalue weighted by atomic mass is 10.0. The number of hydrogen-bond acceptors (Lipinski definition) is 4. The molecule has 1 aliphatic rings. The van der Waals surface area contributed by atoms with Crippen LogP contribution in [0.15, 0.2) is 29.3 Å². The highest BCUT2D eigenvalue weighted by Crippen LogP contribution is 2.21. The molecule has 1 atom stereocenters. The van der Waals surface area contributed by atoms with Crippen molar-refractivity contribution in [1.29, 1.82) is 0 Å². The first kappa shape index (κ1) is 25.1. The molecule has 0 aliphatic carbocycles. The molecule has 0 radical (unpaired) electrons. The number of morpholine rings is 1. The number of nitrogens with one attached hydrogen (secondary N) is 3. The fourth-order valence-corrected chi connectivity index (χ4v) is 3.06. The van der Waals surface area contributed by atoms with Crippen molar-refractivity contribution >= 4 is 29.9 Å². The van der Waals surface area contributed by atoms with Gasteiger partial charge in [0.2, 0.25) is 0 Å². The second-order valence-corrected chi connectivity index (χ2v) is 7.77. The number of guanidine groups is 1. The molecule has 160 valence electrons. The second-order valence-electron chi connectivity index (χ2n) is 7.77. The first-order valence-electron chi connectivity index (χ1n) is 9.66. The van der Waals surface area contributed by atoms with Gasteiger partial charge in [0, 0.05) is 45.3 Å². The molecule has 28 heavy (non-hydrogen) atoms. The van der Waals surface area contributed by atoms with Crippen molar-refractivity contribution in [3.63, 3.8) is 0 Å². The van der Waals surface area contributed by atoms with Gasteiger partial charge in [0.15, 0.2) is 5.96 Å². The number of rotatable bonds is 7. The lowest BCUT2D eigenvalue weighted by molar-refractivity contribution is 0.0170. The largest absolute Gasteiger partial charge is 0.379 e. The van der Waals surface area contributed by atoms with Crippen LogP contribution in [0.5, 0.6) is 0 Å². The van der Waals surface area contributed by atoms with E-state index >= 15 is 0 Å². The molecule has 1 aromatic rings. The molecular weight excluding hydrogens is 472 g/mol. The minimum absolute atomic E-state index is 0. The fraction of sp³-hybridized carbons (Fsp3) is 0.650. The molecule has 0 spiro atoms. The van der Waals surface area contributed by atoms with Crippen molar-refractivity contribution in [2.75, 3.05) is 53.0 Å². The van der Waals surface area contributed by atoms with Crippen LogP contribution in [0.25, 0.3) is 0 Å². The summed E-state index contributed by atoms with van der Waals surface area (Å²) in [5.41, 5.74) is 1.19. The molecule has 0 bridgehead atoms. The van der Waals surface area contributed by atoms with E-state index in [2.05, 4.69) is 46.6 Å². The first-order chi connectivity index (χ1) is 12.9. The van der Waals surface area contributed by atoms with Gasteiger partial charge in [-0.15, -0.1) is 24.0 Å². The minimum Gasteiger partial charge on any atom is -0.379 e. The maximum atomic E-state index is 13.3. The van der Waals surface area contributed by atoms with Gasteiger partial charge in [-0.3, -0.25) is 9.89 Å². The predicted octanol–water partition coefficient (Wildman–Crippen LogP) is 2.37. The summed E-state index contributed by atoms with van der Waals surface area (Å²) in [7, 11) is 1.77.